The molecule has 1 atom stereocenters. The maximum absolute atomic E-state index is 13.0. The van der Waals surface area contributed by atoms with Crippen LogP contribution in [0.25, 0.3) is 22.3 Å². The average Bonchev–Trinajstić information content (AvgIpc) is 3.92. The van der Waals surface area contributed by atoms with E-state index in [0.717, 1.165) is 55.8 Å². The molecule has 3 aromatic heterocycles. The Balaban J connectivity index is 0.812. The zero-order valence-electron chi connectivity index (χ0n) is 32.7. The fourth-order valence-electron chi connectivity index (χ4n) is 8.00. The highest BCUT2D eigenvalue weighted by molar-refractivity contribution is 7.89. The molecule has 8 rings (SSSR count). The Morgan fingerprint density at radius 2 is 1.78 bits per heavy atom. The Kier molecular flexibility index (Phi) is 11.2. The van der Waals surface area contributed by atoms with Crippen molar-refractivity contribution in [3.05, 3.63) is 84.3 Å². The molecule has 3 amide bonds. The minimum atomic E-state index is -3.38. The molecule has 18 heteroatoms. The topological polar surface area (TPSA) is 214 Å². The van der Waals surface area contributed by atoms with Gasteiger partial charge in [0.1, 0.15) is 11.2 Å². The highest BCUT2D eigenvalue weighted by atomic mass is 32.2. The number of carbonyl (C=O) groups excluding carboxylic acids is 3. The Morgan fingerprint density at radius 3 is 2.49 bits per heavy atom. The summed E-state index contributed by atoms with van der Waals surface area (Å²) >= 11 is 0. The number of H-pyrrole nitrogens is 1. The molecule has 59 heavy (non-hydrogen) atoms. The van der Waals surface area contributed by atoms with E-state index in [1.807, 2.05) is 18.2 Å². The number of nitriles is 1. The fourth-order valence-corrected chi connectivity index (χ4v) is 9.23. The number of aromatic amines is 1. The summed E-state index contributed by atoms with van der Waals surface area (Å²) in [5, 5.41) is 23.6. The van der Waals surface area contributed by atoms with Crippen LogP contribution in [0.15, 0.2) is 73.2 Å². The van der Waals surface area contributed by atoms with E-state index in [0.29, 0.717) is 53.5 Å². The first-order valence-electron chi connectivity index (χ1n) is 19.9. The van der Waals surface area contributed by atoms with Crippen molar-refractivity contribution in [3.8, 4) is 17.3 Å². The zero-order valence-corrected chi connectivity index (χ0v) is 33.5. The smallest absolute Gasteiger partial charge is 0.251 e. The van der Waals surface area contributed by atoms with Gasteiger partial charge in [0.25, 0.3) is 5.91 Å². The normalized spacial score (nSPS) is 18.6. The van der Waals surface area contributed by atoms with Gasteiger partial charge < -0.3 is 20.5 Å². The van der Waals surface area contributed by atoms with Crippen molar-refractivity contribution < 1.29 is 22.8 Å². The number of anilines is 3. The number of carbonyl (C=O) groups is 3. The average molecular weight is 819 g/mol. The fraction of sp³-hybridized carbons (Fsp3) is 0.390. The summed E-state index contributed by atoms with van der Waals surface area (Å²) in [6.45, 7) is 6.99. The molecule has 5 aromatic rings. The van der Waals surface area contributed by atoms with Gasteiger partial charge in [-0.2, -0.15) is 19.6 Å². The molecule has 0 spiro atoms. The van der Waals surface area contributed by atoms with Gasteiger partial charge in [-0.05, 0) is 74.3 Å². The summed E-state index contributed by atoms with van der Waals surface area (Å²) in [6.07, 6.45) is 7.09. The summed E-state index contributed by atoms with van der Waals surface area (Å²) in [4.78, 5) is 54.1. The SMILES string of the molecule is CCS(=O)(=O)N1CC(CC#N)(n2cc(-c3nc(Nc4ccc(C(=O)NCCCN5CCN(c6ccc(C7CCC(=O)NC7=O)cc6)CC5)cc4)nc4[nH]ccc34)cn2)C1. The molecule has 2 aromatic carbocycles. The number of benzene rings is 2. The maximum Gasteiger partial charge on any atom is 0.251 e. The lowest BCUT2D eigenvalue weighted by molar-refractivity contribution is -0.134. The first-order valence-corrected chi connectivity index (χ1v) is 21.5. The van der Waals surface area contributed by atoms with Crippen molar-refractivity contribution in [2.75, 3.05) is 68.3 Å². The molecular formula is C41H46N12O5S. The lowest BCUT2D eigenvalue weighted by Gasteiger charge is -2.47. The van der Waals surface area contributed by atoms with E-state index in [1.54, 1.807) is 54.5 Å². The van der Waals surface area contributed by atoms with Crippen molar-refractivity contribution in [1.29, 1.82) is 5.26 Å². The molecule has 6 heterocycles. The third kappa shape index (κ3) is 8.40. The van der Waals surface area contributed by atoms with E-state index in [9.17, 15) is 28.1 Å². The summed E-state index contributed by atoms with van der Waals surface area (Å²) in [7, 11) is -3.38. The van der Waals surface area contributed by atoms with E-state index in [1.165, 1.54) is 4.31 Å². The maximum atomic E-state index is 13.0. The summed E-state index contributed by atoms with van der Waals surface area (Å²) in [5.41, 5.74) is 4.44. The van der Waals surface area contributed by atoms with E-state index in [4.69, 9.17) is 4.98 Å². The van der Waals surface area contributed by atoms with Crippen molar-refractivity contribution in [2.24, 2.45) is 0 Å². The first kappa shape index (κ1) is 39.7. The van der Waals surface area contributed by atoms with Crippen LogP contribution in [0.1, 0.15) is 54.4 Å². The lowest BCUT2D eigenvalue weighted by Crippen LogP contribution is -2.64. The summed E-state index contributed by atoms with van der Waals surface area (Å²) < 4.78 is 27.9. The molecular weight excluding hydrogens is 773 g/mol. The van der Waals surface area contributed by atoms with Crippen LogP contribution in [0.2, 0.25) is 0 Å². The molecule has 0 bridgehead atoms. The number of hydrogen-bond acceptors (Lipinski definition) is 12. The van der Waals surface area contributed by atoms with Gasteiger partial charge >= 0.3 is 0 Å². The Morgan fingerprint density at radius 1 is 1.02 bits per heavy atom. The predicted octanol–water partition coefficient (Wildman–Crippen LogP) is 3.30. The molecule has 0 radical (unpaired) electrons. The lowest BCUT2D eigenvalue weighted by atomic mass is 9.89. The van der Waals surface area contributed by atoms with Crippen LogP contribution >= 0.6 is 0 Å². The van der Waals surface area contributed by atoms with Crippen molar-refractivity contribution in [3.63, 3.8) is 0 Å². The molecule has 3 saturated heterocycles. The van der Waals surface area contributed by atoms with Crippen LogP contribution in [0, 0.1) is 11.3 Å². The van der Waals surface area contributed by atoms with Crippen LogP contribution < -0.4 is 20.9 Å². The second-order valence-electron chi connectivity index (χ2n) is 15.3. The van der Waals surface area contributed by atoms with E-state index < -0.39 is 15.6 Å². The van der Waals surface area contributed by atoms with Crippen LogP contribution in [0.5, 0.6) is 0 Å². The highest BCUT2D eigenvalue weighted by Gasteiger charge is 2.49. The van der Waals surface area contributed by atoms with Gasteiger partial charge in [0.2, 0.25) is 27.8 Å². The van der Waals surface area contributed by atoms with Gasteiger partial charge in [0, 0.05) is 92.5 Å². The number of sulfonamides is 1. The van der Waals surface area contributed by atoms with Gasteiger partial charge in [-0.15, -0.1) is 0 Å². The van der Waals surface area contributed by atoms with Crippen LogP contribution in [0.3, 0.4) is 0 Å². The minimum absolute atomic E-state index is 0.00417. The number of piperazine rings is 1. The van der Waals surface area contributed by atoms with Gasteiger partial charge in [-0.3, -0.25) is 29.3 Å². The van der Waals surface area contributed by atoms with Crippen molar-refractivity contribution in [2.45, 2.75) is 44.1 Å². The van der Waals surface area contributed by atoms with Crippen molar-refractivity contribution >= 4 is 56.1 Å². The molecule has 1 unspecified atom stereocenters. The zero-order chi connectivity index (χ0) is 41.1. The quantitative estimate of drug-likeness (QED) is 0.0939. The minimum Gasteiger partial charge on any atom is -0.369 e. The molecule has 0 aliphatic carbocycles. The Bertz CT molecular complexity index is 2500. The standard InChI is InChI=1S/C41H46N12O5S/c1-2-59(57,58)52-26-41(27-52,15-16-42)53-25-30(24-45-53)36-34-14-18-43-37(34)49-40(48-36)46-31-8-4-29(5-9-31)38(55)44-17-3-19-50-20-22-51(23-21-50)32-10-6-28(7-11-32)33-12-13-35(54)47-39(33)56/h4-11,14,18,24-25,33H,2-3,12-13,15,17,19-23,26-27H2,1H3,(H,44,55)(H,47,54,56)(H2,43,46,48,49). The molecule has 4 N–H and O–H groups in total. The number of nitrogens with zero attached hydrogens (tertiary/aromatic N) is 8. The second kappa shape index (κ2) is 16.6. The van der Waals surface area contributed by atoms with Crippen molar-refractivity contribution in [1.82, 2.24) is 44.6 Å². The monoisotopic (exact) mass is 818 g/mol. The number of rotatable bonds is 14. The van der Waals surface area contributed by atoms with Gasteiger partial charge in [0.15, 0.2) is 0 Å². The number of piperidine rings is 1. The highest BCUT2D eigenvalue weighted by Crippen LogP contribution is 2.36. The van der Waals surface area contributed by atoms with E-state index in [2.05, 4.69) is 59.0 Å². The molecule has 3 fully saturated rings. The Labute approximate surface area is 341 Å². The molecule has 3 aliphatic rings. The van der Waals surface area contributed by atoms with Gasteiger partial charge in [-0.25, -0.2) is 13.4 Å². The van der Waals surface area contributed by atoms with Crippen LogP contribution in [-0.2, 0) is 25.2 Å². The van der Waals surface area contributed by atoms with Gasteiger partial charge in [0.05, 0.1) is 36.1 Å². The molecule has 17 nitrogen and oxygen atoms in total. The third-order valence-electron chi connectivity index (χ3n) is 11.5. The van der Waals surface area contributed by atoms with Crippen LogP contribution in [0.4, 0.5) is 17.3 Å². The number of hydrogen-bond donors (Lipinski definition) is 4. The summed E-state index contributed by atoms with van der Waals surface area (Å²) in [6, 6.07) is 19.3. The Hall–Kier alpha value is -6.16. The van der Waals surface area contributed by atoms with Gasteiger partial charge in [-0.1, -0.05) is 12.1 Å². The molecule has 0 saturated carbocycles. The predicted molar refractivity (Wildman–Crippen MR) is 221 cm³/mol. The number of amides is 3. The number of imide groups is 1. The van der Waals surface area contributed by atoms with E-state index >= 15 is 0 Å². The van der Waals surface area contributed by atoms with E-state index in [-0.39, 0.29) is 48.9 Å². The van der Waals surface area contributed by atoms with Crippen LogP contribution in [-0.4, -0.2) is 118 Å². The third-order valence-corrected chi connectivity index (χ3v) is 13.3. The summed E-state index contributed by atoms with van der Waals surface area (Å²) in [5.74, 6) is -0.529. The number of fused-ring (bicyclic) bond motifs is 1. The molecule has 306 valence electrons. The number of nitrogens with one attached hydrogen (secondary N) is 4. The second-order valence-corrected chi connectivity index (χ2v) is 17.5. The first-order chi connectivity index (χ1) is 28.5. The molecule has 3 aliphatic heterocycles. The number of aromatic nitrogens is 5. The largest absolute Gasteiger partial charge is 0.369 e.